The van der Waals surface area contributed by atoms with Crippen molar-refractivity contribution in [2.75, 3.05) is 7.05 Å². The van der Waals surface area contributed by atoms with Crippen molar-refractivity contribution in [2.45, 2.75) is 55.9 Å². The Labute approximate surface area is 128 Å². The highest BCUT2D eigenvalue weighted by Crippen LogP contribution is 2.38. The highest BCUT2D eigenvalue weighted by atomic mass is 16.2. The van der Waals surface area contributed by atoms with Crippen LogP contribution in [0.15, 0.2) is 22.3 Å². The van der Waals surface area contributed by atoms with Gasteiger partial charge in [-0.25, -0.2) is 0 Å². The molecule has 1 aliphatic rings. The first kappa shape index (κ1) is 21.6. The standard InChI is InChI=1S/C15H21NO3.2CH4/c1-8-9(2)14(19)12(10(3)13(8)18)15(4,5)7-11(17)16-6;;/h7H2,1-6H3,(H,16,17);2*1H4. The molecule has 0 heterocycles. The number of nitrogens with one attached hydrogen (secondary N) is 1. The molecule has 0 aromatic rings. The van der Waals surface area contributed by atoms with E-state index in [4.69, 9.17) is 0 Å². The molecule has 0 fully saturated rings. The SMILES string of the molecule is C.C.CNC(=O)CC(C)(C)C1=C(C)C(=O)C(C)=C(C)C1=O. The molecule has 4 heteroatoms. The molecule has 0 spiro atoms. The summed E-state index contributed by atoms with van der Waals surface area (Å²) in [6, 6.07) is 0. The molecule has 1 N–H and O–H groups in total. The summed E-state index contributed by atoms with van der Waals surface area (Å²) in [5, 5.41) is 2.55. The van der Waals surface area contributed by atoms with E-state index in [0.717, 1.165) is 0 Å². The fraction of sp³-hybridized carbons (Fsp3) is 0.588. The summed E-state index contributed by atoms with van der Waals surface area (Å²) in [6.07, 6.45) is 0.182. The fourth-order valence-corrected chi connectivity index (χ4v) is 2.49. The van der Waals surface area contributed by atoms with Gasteiger partial charge in [-0.1, -0.05) is 28.7 Å². The lowest BCUT2D eigenvalue weighted by Crippen LogP contribution is -2.34. The second-order valence-electron chi connectivity index (χ2n) is 5.64. The summed E-state index contributed by atoms with van der Waals surface area (Å²) in [7, 11) is 1.56. The van der Waals surface area contributed by atoms with Crippen LogP contribution in [0.3, 0.4) is 0 Å². The van der Waals surface area contributed by atoms with E-state index < -0.39 is 5.41 Å². The van der Waals surface area contributed by atoms with E-state index in [-0.39, 0.29) is 38.7 Å². The first-order valence-corrected chi connectivity index (χ1v) is 6.32. The zero-order chi connectivity index (χ0) is 15.0. The van der Waals surface area contributed by atoms with Crippen LogP contribution in [-0.4, -0.2) is 24.5 Å². The Morgan fingerprint density at radius 1 is 0.952 bits per heavy atom. The highest BCUT2D eigenvalue weighted by Gasteiger charge is 2.38. The zero-order valence-corrected chi connectivity index (χ0v) is 12.4. The molecule has 0 atom stereocenters. The minimum Gasteiger partial charge on any atom is -0.359 e. The van der Waals surface area contributed by atoms with Gasteiger partial charge in [0, 0.05) is 41.2 Å². The average molecular weight is 295 g/mol. The number of Topliss-reactive ketones (excluding diaryl/α,β-unsaturated/α-hetero) is 2. The number of allylic oxidation sites excluding steroid dienone is 4. The van der Waals surface area contributed by atoms with Crippen LogP contribution >= 0.6 is 0 Å². The number of rotatable bonds is 3. The summed E-state index contributed by atoms with van der Waals surface area (Å²) in [5.74, 6) is -0.366. The first-order valence-electron chi connectivity index (χ1n) is 6.32. The number of ketones is 2. The Kier molecular flexibility index (Phi) is 7.55. The summed E-state index contributed by atoms with van der Waals surface area (Å²) >= 11 is 0. The topological polar surface area (TPSA) is 63.2 Å². The molecule has 0 aromatic heterocycles. The van der Waals surface area contributed by atoms with Crippen molar-refractivity contribution < 1.29 is 14.4 Å². The monoisotopic (exact) mass is 295 g/mol. The van der Waals surface area contributed by atoms with Crippen LogP contribution < -0.4 is 5.32 Å². The summed E-state index contributed by atoms with van der Waals surface area (Å²) in [5.41, 5.74) is 1.25. The Balaban J connectivity index is 0. The Morgan fingerprint density at radius 3 is 1.81 bits per heavy atom. The molecule has 0 aromatic carbocycles. The van der Waals surface area contributed by atoms with Gasteiger partial charge in [0.2, 0.25) is 5.91 Å². The molecule has 4 nitrogen and oxygen atoms in total. The van der Waals surface area contributed by atoms with Crippen molar-refractivity contribution >= 4 is 17.5 Å². The van der Waals surface area contributed by atoms with Crippen LogP contribution in [0.1, 0.15) is 55.9 Å². The first-order chi connectivity index (χ1) is 8.63. The lowest BCUT2D eigenvalue weighted by atomic mass is 9.71. The van der Waals surface area contributed by atoms with E-state index in [1.165, 1.54) is 0 Å². The second-order valence-corrected chi connectivity index (χ2v) is 5.64. The number of carbonyl (C=O) groups is 3. The quantitative estimate of drug-likeness (QED) is 0.813. The maximum atomic E-state index is 12.4. The zero-order valence-electron chi connectivity index (χ0n) is 12.4. The van der Waals surface area contributed by atoms with Crippen molar-refractivity contribution in [3.8, 4) is 0 Å². The molecule has 1 amide bonds. The molecule has 0 radical (unpaired) electrons. The van der Waals surface area contributed by atoms with E-state index in [0.29, 0.717) is 22.3 Å². The van der Waals surface area contributed by atoms with Crippen LogP contribution in [-0.2, 0) is 14.4 Å². The van der Waals surface area contributed by atoms with Crippen molar-refractivity contribution in [1.82, 2.24) is 5.32 Å². The predicted octanol–water partition coefficient (Wildman–Crippen LogP) is 3.23. The molecular weight excluding hydrogens is 266 g/mol. The molecule has 1 aliphatic carbocycles. The van der Waals surface area contributed by atoms with Crippen molar-refractivity contribution in [3.63, 3.8) is 0 Å². The van der Waals surface area contributed by atoms with Gasteiger partial charge in [0.25, 0.3) is 0 Å². The normalized spacial score (nSPS) is 15.5. The van der Waals surface area contributed by atoms with Gasteiger partial charge in [-0.3, -0.25) is 14.4 Å². The number of hydrogen-bond acceptors (Lipinski definition) is 3. The molecule has 21 heavy (non-hydrogen) atoms. The molecule has 120 valence electrons. The molecule has 0 saturated heterocycles. The minimum atomic E-state index is -0.654. The summed E-state index contributed by atoms with van der Waals surface area (Å²) < 4.78 is 0. The average Bonchev–Trinajstić information content (AvgIpc) is 2.33. The predicted molar refractivity (Wildman–Crippen MR) is 87.0 cm³/mol. The van der Waals surface area contributed by atoms with Gasteiger partial charge in [0.1, 0.15) is 0 Å². The van der Waals surface area contributed by atoms with Gasteiger partial charge in [0.05, 0.1) is 0 Å². The third-order valence-electron chi connectivity index (χ3n) is 3.74. The van der Waals surface area contributed by atoms with Crippen molar-refractivity contribution in [1.29, 1.82) is 0 Å². The Morgan fingerprint density at radius 2 is 1.38 bits per heavy atom. The lowest BCUT2D eigenvalue weighted by molar-refractivity contribution is -0.122. The molecule has 1 rings (SSSR count). The van der Waals surface area contributed by atoms with Gasteiger partial charge in [-0.05, 0) is 20.8 Å². The van der Waals surface area contributed by atoms with E-state index in [9.17, 15) is 14.4 Å². The lowest BCUT2D eigenvalue weighted by Gasteiger charge is -2.31. The van der Waals surface area contributed by atoms with Crippen LogP contribution in [0.25, 0.3) is 0 Å². The van der Waals surface area contributed by atoms with Crippen LogP contribution in [0.2, 0.25) is 0 Å². The Hall–Kier alpha value is -1.71. The van der Waals surface area contributed by atoms with Crippen LogP contribution in [0.4, 0.5) is 0 Å². The van der Waals surface area contributed by atoms with Gasteiger partial charge in [0.15, 0.2) is 11.6 Å². The molecule has 0 bridgehead atoms. The minimum absolute atomic E-state index is 0. The Bertz CT molecular complexity index is 522. The maximum absolute atomic E-state index is 12.4. The number of hydrogen-bond donors (Lipinski definition) is 1. The molecule has 0 saturated carbocycles. The summed E-state index contributed by atoms with van der Waals surface area (Å²) in [4.78, 5) is 36.1. The molecule has 0 unspecified atom stereocenters. The van der Waals surface area contributed by atoms with Gasteiger partial charge < -0.3 is 5.32 Å². The summed E-state index contributed by atoms with van der Waals surface area (Å²) in [6.45, 7) is 8.64. The molecular formula is C17H29NO3. The maximum Gasteiger partial charge on any atom is 0.220 e. The highest BCUT2D eigenvalue weighted by molar-refractivity contribution is 6.25. The van der Waals surface area contributed by atoms with Crippen molar-refractivity contribution in [2.24, 2.45) is 5.41 Å². The van der Waals surface area contributed by atoms with Gasteiger partial charge in [-0.15, -0.1) is 0 Å². The van der Waals surface area contributed by atoms with E-state index in [1.54, 1.807) is 27.8 Å². The molecule has 0 aliphatic heterocycles. The number of amides is 1. The van der Waals surface area contributed by atoms with Crippen LogP contribution in [0.5, 0.6) is 0 Å². The number of carbonyl (C=O) groups excluding carboxylic acids is 3. The van der Waals surface area contributed by atoms with Crippen molar-refractivity contribution in [3.05, 3.63) is 22.3 Å². The third kappa shape index (κ3) is 3.90. The largest absolute Gasteiger partial charge is 0.359 e. The smallest absolute Gasteiger partial charge is 0.220 e. The third-order valence-corrected chi connectivity index (χ3v) is 3.74. The fourth-order valence-electron chi connectivity index (χ4n) is 2.49. The van der Waals surface area contributed by atoms with Gasteiger partial charge in [-0.2, -0.15) is 0 Å². The van der Waals surface area contributed by atoms with Crippen LogP contribution in [0, 0.1) is 5.41 Å². The van der Waals surface area contributed by atoms with E-state index >= 15 is 0 Å². The van der Waals surface area contributed by atoms with Gasteiger partial charge >= 0.3 is 0 Å². The second kappa shape index (κ2) is 7.34. The van der Waals surface area contributed by atoms with E-state index in [1.807, 2.05) is 13.8 Å². The van der Waals surface area contributed by atoms with E-state index in [2.05, 4.69) is 5.32 Å².